The monoisotopic (exact) mass is 394 g/mol. The van der Waals surface area contributed by atoms with Crippen molar-refractivity contribution in [2.24, 2.45) is 7.05 Å². The fourth-order valence-electron chi connectivity index (χ4n) is 4.82. The van der Waals surface area contributed by atoms with Gasteiger partial charge in [-0.3, -0.25) is 14.3 Å². The van der Waals surface area contributed by atoms with E-state index in [0.29, 0.717) is 11.9 Å². The van der Waals surface area contributed by atoms with Crippen LogP contribution in [0.5, 0.6) is 0 Å². The van der Waals surface area contributed by atoms with Crippen molar-refractivity contribution in [2.45, 2.75) is 44.7 Å². The summed E-state index contributed by atoms with van der Waals surface area (Å²) in [6, 6.07) is 4.70. The van der Waals surface area contributed by atoms with Crippen LogP contribution in [0.3, 0.4) is 0 Å². The summed E-state index contributed by atoms with van der Waals surface area (Å²) in [4.78, 5) is 28.4. The molecule has 4 heterocycles. The van der Waals surface area contributed by atoms with Crippen molar-refractivity contribution in [1.82, 2.24) is 19.2 Å². The van der Waals surface area contributed by atoms with E-state index in [1.807, 2.05) is 23.9 Å². The molecule has 2 atom stereocenters. The number of aromatic nitrogens is 3. The van der Waals surface area contributed by atoms with Gasteiger partial charge in [-0.05, 0) is 56.4 Å². The molecule has 0 saturated carbocycles. The highest BCUT2D eigenvalue weighted by molar-refractivity contribution is 5.98. The second-order valence-electron chi connectivity index (χ2n) is 8.20. The molecular formula is C22H23FN4O2. The Bertz CT molecular complexity index is 1200. The smallest absolute Gasteiger partial charge is 0.259 e. The zero-order valence-electron chi connectivity index (χ0n) is 16.6. The summed E-state index contributed by atoms with van der Waals surface area (Å²) in [7, 11) is 1.85. The second kappa shape index (κ2) is 6.54. The molecule has 1 fully saturated rings. The highest BCUT2D eigenvalue weighted by atomic mass is 19.1. The molecule has 0 spiro atoms. The first kappa shape index (κ1) is 18.1. The standard InChI is InChI=1S/C22H23FN4O2/c1-13-5-6-14-10-15(23)11-16-20(14)27(13)12-17(21(16)28)22(29)26-8-3-4-19(26)18-7-9-25(2)24-18/h7,9-13,19H,3-6,8H2,1-2H3. The first-order valence-corrected chi connectivity index (χ1v) is 10.1. The van der Waals surface area contributed by atoms with Gasteiger partial charge >= 0.3 is 0 Å². The van der Waals surface area contributed by atoms with Crippen LogP contribution < -0.4 is 5.43 Å². The second-order valence-corrected chi connectivity index (χ2v) is 8.20. The lowest BCUT2D eigenvalue weighted by atomic mass is 9.95. The van der Waals surface area contributed by atoms with Crippen LogP contribution in [0.15, 0.2) is 35.4 Å². The largest absolute Gasteiger partial charge is 0.343 e. The number of hydrogen-bond acceptors (Lipinski definition) is 3. The van der Waals surface area contributed by atoms with Crippen LogP contribution in [0.2, 0.25) is 0 Å². The summed E-state index contributed by atoms with van der Waals surface area (Å²) in [6.45, 7) is 2.65. The fourth-order valence-corrected chi connectivity index (χ4v) is 4.82. The van der Waals surface area contributed by atoms with Gasteiger partial charge in [0.05, 0.1) is 17.3 Å². The van der Waals surface area contributed by atoms with Crippen LogP contribution in [0, 0.1) is 5.82 Å². The predicted octanol–water partition coefficient (Wildman–Crippen LogP) is 3.36. The van der Waals surface area contributed by atoms with E-state index < -0.39 is 5.82 Å². The van der Waals surface area contributed by atoms with Gasteiger partial charge in [-0.2, -0.15) is 5.10 Å². The third-order valence-corrected chi connectivity index (χ3v) is 6.30. The molecule has 150 valence electrons. The average Bonchev–Trinajstić information content (AvgIpc) is 3.34. The minimum atomic E-state index is -0.428. The highest BCUT2D eigenvalue weighted by Gasteiger charge is 2.34. The summed E-state index contributed by atoms with van der Waals surface area (Å²) < 4.78 is 17.9. The molecule has 0 N–H and O–H groups in total. The molecule has 0 aliphatic carbocycles. The van der Waals surface area contributed by atoms with E-state index in [9.17, 15) is 14.0 Å². The highest BCUT2D eigenvalue weighted by Crippen LogP contribution is 2.34. The molecule has 1 saturated heterocycles. The lowest BCUT2D eigenvalue weighted by molar-refractivity contribution is 0.0730. The normalized spacial score (nSPS) is 21.1. The lowest BCUT2D eigenvalue weighted by Crippen LogP contribution is -2.35. The van der Waals surface area contributed by atoms with Crippen molar-refractivity contribution in [1.29, 1.82) is 0 Å². The quantitative estimate of drug-likeness (QED) is 0.670. The van der Waals surface area contributed by atoms with Crippen molar-refractivity contribution in [2.75, 3.05) is 6.54 Å². The number of likely N-dealkylation sites (tertiary alicyclic amines) is 1. The Morgan fingerprint density at radius 2 is 2.10 bits per heavy atom. The van der Waals surface area contributed by atoms with E-state index in [4.69, 9.17) is 0 Å². The van der Waals surface area contributed by atoms with Crippen molar-refractivity contribution in [3.8, 4) is 0 Å². The molecule has 6 nitrogen and oxygen atoms in total. The predicted molar refractivity (Wildman–Crippen MR) is 107 cm³/mol. The Kier molecular flexibility index (Phi) is 4.08. The Labute approximate surface area is 167 Å². The van der Waals surface area contributed by atoms with E-state index >= 15 is 0 Å². The molecule has 2 unspecified atom stereocenters. The van der Waals surface area contributed by atoms with Crippen molar-refractivity contribution in [3.05, 3.63) is 63.5 Å². The summed E-state index contributed by atoms with van der Waals surface area (Å²) in [5.41, 5.74) is 2.16. The summed E-state index contributed by atoms with van der Waals surface area (Å²) in [5, 5.41) is 4.76. The summed E-state index contributed by atoms with van der Waals surface area (Å²) >= 11 is 0. The Morgan fingerprint density at radius 3 is 2.86 bits per heavy atom. The number of carbonyl (C=O) groups is 1. The van der Waals surface area contributed by atoms with Crippen LogP contribution in [0.25, 0.3) is 10.9 Å². The van der Waals surface area contributed by atoms with Crippen molar-refractivity contribution in [3.63, 3.8) is 0 Å². The molecule has 5 rings (SSSR count). The van der Waals surface area contributed by atoms with Gasteiger partial charge in [0, 0.05) is 37.4 Å². The molecule has 2 aromatic heterocycles. The maximum absolute atomic E-state index is 14.2. The third kappa shape index (κ3) is 2.79. The van der Waals surface area contributed by atoms with E-state index in [0.717, 1.165) is 42.5 Å². The SMILES string of the molecule is CC1CCc2cc(F)cc3c(=O)c(C(=O)N4CCCC4c4ccn(C)n4)cn1c23. The molecular weight excluding hydrogens is 371 g/mol. The minimum Gasteiger partial charge on any atom is -0.343 e. The Hall–Kier alpha value is -2.96. The lowest BCUT2D eigenvalue weighted by Gasteiger charge is -2.28. The molecule has 3 aromatic rings. The minimum absolute atomic E-state index is 0.116. The summed E-state index contributed by atoms with van der Waals surface area (Å²) in [6.07, 6.45) is 6.81. The van der Waals surface area contributed by atoms with Gasteiger partial charge in [-0.15, -0.1) is 0 Å². The van der Waals surface area contributed by atoms with Gasteiger partial charge in [0.25, 0.3) is 5.91 Å². The molecule has 7 heteroatoms. The summed E-state index contributed by atoms with van der Waals surface area (Å²) in [5.74, 6) is -0.722. The molecule has 2 aliphatic heterocycles. The average molecular weight is 394 g/mol. The number of rotatable bonds is 2. The van der Waals surface area contributed by atoms with Gasteiger partial charge in [0.2, 0.25) is 5.43 Å². The van der Waals surface area contributed by atoms with Crippen LogP contribution in [0.4, 0.5) is 4.39 Å². The fraction of sp³-hybridized carbons (Fsp3) is 0.409. The first-order valence-electron chi connectivity index (χ1n) is 10.1. The van der Waals surface area contributed by atoms with Crippen LogP contribution in [-0.2, 0) is 13.5 Å². The van der Waals surface area contributed by atoms with Crippen LogP contribution >= 0.6 is 0 Å². The number of amides is 1. The van der Waals surface area contributed by atoms with Crippen LogP contribution in [0.1, 0.15) is 59.9 Å². The van der Waals surface area contributed by atoms with E-state index in [1.165, 1.54) is 12.1 Å². The van der Waals surface area contributed by atoms with Gasteiger partial charge in [-0.1, -0.05) is 0 Å². The number of nitrogens with zero attached hydrogens (tertiary/aromatic N) is 4. The number of pyridine rings is 1. The maximum Gasteiger partial charge on any atom is 0.259 e. The molecule has 1 aromatic carbocycles. The molecule has 29 heavy (non-hydrogen) atoms. The molecule has 1 amide bonds. The topological polar surface area (TPSA) is 60.1 Å². The first-order chi connectivity index (χ1) is 13.9. The van der Waals surface area contributed by atoms with Gasteiger partial charge < -0.3 is 9.47 Å². The third-order valence-electron chi connectivity index (χ3n) is 6.30. The zero-order valence-corrected chi connectivity index (χ0v) is 16.6. The van der Waals surface area contributed by atoms with Crippen molar-refractivity contribution < 1.29 is 9.18 Å². The molecule has 0 radical (unpaired) electrons. The van der Waals surface area contributed by atoms with E-state index in [2.05, 4.69) is 12.0 Å². The number of halogens is 1. The Morgan fingerprint density at radius 1 is 1.28 bits per heavy atom. The number of aryl methyl sites for hydroxylation is 2. The van der Waals surface area contributed by atoms with Gasteiger partial charge in [0.1, 0.15) is 11.4 Å². The number of benzene rings is 1. The zero-order chi connectivity index (χ0) is 20.3. The van der Waals surface area contributed by atoms with Crippen LogP contribution in [-0.4, -0.2) is 31.7 Å². The molecule has 2 aliphatic rings. The Balaban J connectivity index is 1.64. The maximum atomic E-state index is 14.2. The van der Waals surface area contributed by atoms with Gasteiger partial charge in [0.15, 0.2) is 0 Å². The van der Waals surface area contributed by atoms with E-state index in [-0.39, 0.29) is 29.0 Å². The molecule has 0 bridgehead atoms. The van der Waals surface area contributed by atoms with Crippen molar-refractivity contribution >= 4 is 16.8 Å². The number of hydrogen-bond donors (Lipinski definition) is 0. The number of carbonyl (C=O) groups excluding carboxylic acids is 1. The van der Waals surface area contributed by atoms with Gasteiger partial charge in [-0.25, -0.2) is 4.39 Å². The van der Waals surface area contributed by atoms with E-state index in [1.54, 1.807) is 15.8 Å².